The fourth-order valence-electron chi connectivity index (χ4n) is 5.92. The number of ether oxygens (including phenoxy) is 4. The summed E-state index contributed by atoms with van der Waals surface area (Å²) in [6.45, 7) is 3.29. The topological polar surface area (TPSA) is 36.9 Å². The Morgan fingerprint density at radius 1 is 0.938 bits per heavy atom. The molecule has 5 nitrogen and oxygen atoms in total. The first kappa shape index (κ1) is 19.5. The molecule has 3 heterocycles. The van der Waals surface area contributed by atoms with E-state index < -0.39 is 0 Å². The van der Waals surface area contributed by atoms with E-state index in [0.29, 0.717) is 12.8 Å². The van der Waals surface area contributed by atoms with Crippen molar-refractivity contribution >= 4 is 0 Å². The van der Waals surface area contributed by atoms with Gasteiger partial charge in [0.05, 0.1) is 26.3 Å². The van der Waals surface area contributed by atoms with Crippen molar-refractivity contribution < 1.29 is 23.4 Å². The number of hydrogen-bond acceptors (Lipinski definition) is 4. The lowest BCUT2D eigenvalue weighted by Gasteiger charge is -2.51. The van der Waals surface area contributed by atoms with E-state index in [0.717, 1.165) is 60.0 Å². The predicted molar refractivity (Wildman–Crippen MR) is 121 cm³/mol. The van der Waals surface area contributed by atoms with Crippen molar-refractivity contribution in [3.05, 3.63) is 82.4 Å². The van der Waals surface area contributed by atoms with E-state index >= 15 is 0 Å². The largest absolute Gasteiger partial charge is 0.493 e. The summed E-state index contributed by atoms with van der Waals surface area (Å²) in [6, 6.07) is 19.9. The zero-order valence-electron chi connectivity index (χ0n) is 18.6. The zero-order valence-corrected chi connectivity index (χ0v) is 18.6. The lowest BCUT2D eigenvalue weighted by Crippen LogP contribution is -2.55. The number of quaternary nitrogens is 1. The Morgan fingerprint density at radius 3 is 2.53 bits per heavy atom. The maximum absolute atomic E-state index is 5.87. The van der Waals surface area contributed by atoms with Gasteiger partial charge in [-0.15, -0.1) is 0 Å². The molecule has 0 aliphatic carbocycles. The first-order valence-electron chi connectivity index (χ1n) is 11.3. The van der Waals surface area contributed by atoms with Gasteiger partial charge in [0.15, 0.2) is 23.0 Å². The monoisotopic (exact) mass is 430 g/mol. The van der Waals surface area contributed by atoms with Crippen LogP contribution in [0.2, 0.25) is 0 Å². The van der Waals surface area contributed by atoms with Crippen molar-refractivity contribution in [2.24, 2.45) is 0 Å². The third kappa shape index (κ3) is 2.95. The normalized spacial score (nSPS) is 22.5. The first-order valence-corrected chi connectivity index (χ1v) is 11.3. The molecule has 0 spiro atoms. The van der Waals surface area contributed by atoms with Gasteiger partial charge in [-0.3, -0.25) is 0 Å². The Labute approximate surface area is 188 Å². The highest BCUT2D eigenvalue weighted by atomic mass is 16.7. The standard InChI is InChI=1S/C27H28NO4/c1-29-24-9-8-19-12-23-21-14-26-25(31-17-32-26)13-20(21)10-11-28(23,16-22(19)27(24)30-2)15-18-6-4-3-5-7-18/h3-9,13-14,23H,10-12,15-17H2,1-2H3/q+1. The van der Waals surface area contributed by atoms with Gasteiger partial charge in [-0.2, -0.15) is 0 Å². The van der Waals surface area contributed by atoms with E-state index in [-0.39, 0.29) is 0 Å². The summed E-state index contributed by atoms with van der Waals surface area (Å²) < 4.78 is 23.9. The minimum atomic E-state index is 0.312. The second-order valence-corrected chi connectivity index (χ2v) is 9.06. The summed E-state index contributed by atoms with van der Waals surface area (Å²) in [5.74, 6) is 3.45. The summed E-state index contributed by atoms with van der Waals surface area (Å²) in [5, 5.41) is 0. The molecule has 2 unspecified atom stereocenters. The molecule has 2 atom stereocenters. The van der Waals surface area contributed by atoms with Crippen molar-refractivity contribution in [3.63, 3.8) is 0 Å². The molecule has 3 aliphatic rings. The fourth-order valence-corrected chi connectivity index (χ4v) is 5.92. The van der Waals surface area contributed by atoms with Crippen molar-refractivity contribution in [2.75, 3.05) is 27.6 Å². The molecule has 0 N–H and O–H groups in total. The van der Waals surface area contributed by atoms with Crippen LogP contribution in [0.4, 0.5) is 0 Å². The quantitative estimate of drug-likeness (QED) is 0.557. The van der Waals surface area contributed by atoms with Crippen LogP contribution in [0, 0.1) is 0 Å². The van der Waals surface area contributed by atoms with Crippen LogP contribution in [0.3, 0.4) is 0 Å². The molecule has 0 fully saturated rings. The molecule has 5 heteroatoms. The van der Waals surface area contributed by atoms with Gasteiger partial charge in [-0.1, -0.05) is 36.4 Å². The number of rotatable bonds is 4. The lowest BCUT2D eigenvalue weighted by atomic mass is 9.80. The van der Waals surface area contributed by atoms with Crippen molar-refractivity contribution in [2.45, 2.75) is 32.0 Å². The van der Waals surface area contributed by atoms with Gasteiger partial charge in [0.1, 0.15) is 19.1 Å². The Kier molecular flexibility index (Phi) is 4.54. The molecule has 0 saturated carbocycles. The Hall–Kier alpha value is -3.18. The van der Waals surface area contributed by atoms with Crippen molar-refractivity contribution in [3.8, 4) is 23.0 Å². The van der Waals surface area contributed by atoms with Crippen LogP contribution < -0.4 is 18.9 Å². The number of nitrogens with zero attached hydrogens (tertiary/aromatic N) is 1. The van der Waals surface area contributed by atoms with E-state index in [1.807, 2.05) is 6.07 Å². The molecule has 3 aromatic carbocycles. The highest BCUT2D eigenvalue weighted by molar-refractivity contribution is 5.54. The minimum Gasteiger partial charge on any atom is -0.493 e. The van der Waals surface area contributed by atoms with E-state index in [1.165, 1.54) is 27.8 Å². The summed E-state index contributed by atoms with van der Waals surface area (Å²) in [4.78, 5) is 0. The first-order chi connectivity index (χ1) is 15.7. The lowest BCUT2D eigenvalue weighted by molar-refractivity contribution is -0.985. The molecule has 32 heavy (non-hydrogen) atoms. The molecule has 0 bridgehead atoms. The minimum absolute atomic E-state index is 0.312. The van der Waals surface area contributed by atoms with Gasteiger partial charge in [0.2, 0.25) is 6.79 Å². The third-order valence-corrected chi connectivity index (χ3v) is 7.45. The summed E-state index contributed by atoms with van der Waals surface area (Å²) in [6.07, 6.45) is 1.99. The summed E-state index contributed by atoms with van der Waals surface area (Å²) in [7, 11) is 3.46. The predicted octanol–water partition coefficient (Wildman–Crippen LogP) is 4.80. The number of fused-ring (bicyclic) bond motifs is 5. The molecular weight excluding hydrogens is 402 g/mol. The molecule has 164 valence electrons. The van der Waals surface area contributed by atoms with Crippen LogP contribution in [0.1, 0.15) is 33.9 Å². The van der Waals surface area contributed by atoms with Crippen LogP contribution in [0.25, 0.3) is 0 Å². The zero-order chi connectivity index (χ0) is 21.7. The van der Waals surface area contributed by atoms with Gasteiger partial charge in [-0.05, 0) is 29.3 Å². The SMILES string of the molecule is COc1ccc2c(c1OC)C[N+]1(Cc3ccccc3)CCc3cc4c(cc3C1C2)OCO4. The molecule has 0 saturated heterocycles. The second kappa shape index (κ2) is 7.45. The highest BCUT2D eigenvalue weighted by Gasteiger charge is 2.47. The van der Waals surface area contributed by atoms with Crippen LogP contribution >= 0.6 is 0 Å². The molecule has 3 aromatic rings. The van der Waals surface area contributed by atoms with E-state index in [4.69, 9.17) is 18.9 Å². The Bertz CT molecular complexity index is 1180. The highest BCUT2D eigenvalue weighted by Crippen LogP contribution is 2.51. The Balaban J connectivity index is 1.51. The van der Waals surface area contributed by atoms with Gasteiger partial charge >= 0.3 is 0 Å². The number of hydrogen-bond donors (Lipinski definition) is 0. The van der Waals surface area contributed by atoms with E-state index in [1.54, 1.807) is 14.2 Å². The van der Waals surface area contributed by atoms with E-state index in [9.17, 15) is 0 Å². The van der Waals surface area contributed by atoms with Crippen LogP contribution in [-0.4, -0.2) is 32.0 Å². The van der Waals surface area contributed by atoms with Gasteiger partial charge < -0.3 is 23.4 Å². The average Bonchev–Trinajstić information content (AvgIpc) is 3.29. The van der Waals surface area contributed by atoms with Crippen LogP contribution in [0.15, 0.2) is 54.6 Å². The molecule has 0 amide bonds. The molecule has 0 radical (unpaired) electrons. The van der Waals surface area contributed by atoms with Gasteiger partial charge in [0, 0.05) is 24.0 Å². The molecule has 3 aliphatic heterocycles. The van der Waals surface area contributed by atoms with Crippen molar-refractivity contribution in [1.29, 1.82) is 0 Å². The Morgan fingerprint density at radius 2 is 1.75 bits per heavy atom. The summed E-state index contributed by atoms with van der Waals surface area (Å²) in [5.41, 5.74) is 6.79. The summed E-state index contributed by atoms with van der Waals surface area (Å²) >= 11 is 0. The third-order valence-electron chi connectivity index (χ3n) is 7.45. The van der Waals surface area contributed by atoms with E-state index in [2.05, 4.69) is 48.5 Å². The fraction of sp³-hybridized carbons (Fsp3) is 0.333. The van der Waals surface area contributed by atoms with Crippen LogP contribution in [-0.2, 0) is 25.9 Å². The number of methoxy groups -OCH3 is 2. The van der Waals surface area contributed by atoms with Crippen LogP contribution in [0.5, 0.6) is 23.0 Å². The van der Waals surface area contributed by atoms with Gasteiger partial charge in [-0.25, -0.2) is 0 Å². The maximum atomic E-state index is 5.87. The van der Waals surface area contributed by atoms with Crippen molar-refractivity contribution in [1.82, 2.24) is 0 Å². The number of benzene rings is 3. The molecule has 0 aromatic heterocycles. The molecule has 6 rings (SSSR count). The second-order valence-electron chi connectivity index (χ2n) is 9.06. The van der Waals surface area contributed by atoms with Gasteiger partial charge in [0.25, 0.3) is 0 Å². The average molecular weight is 431 g/mol. The molecular formula is C27H28NO4+. The smallest absolute Gasteiger partial charge is 0.231 e. The maximum Gasteiger partial charge on any atom is 0.231 e.